The van der Waals surface area contributed by atoms with Crippen molar-refractivity contribution in [2.45, 2.75) is 142 Å². The van der Waals surface area contributed by atoms with Gasteiger partial charge in [0.05, 0.1) is 13.2 Å². The zero-order valence-corrected chi connectivity index (χ0v) is 26.0. The first kappa shape index (κ1) is 32.9. The summed E-state index contributed by atoms with van der Waals surface area (Å²) in [5, 5.41) is 22.7. The van der Waals surface area contributed by atoms with Crippen molar-refractivity contribution in [1.29, 1.82) is 0 Å². The molecule has 1 heterocycles. The van der Waals surface area contributed by atoms with E-state index in [1.54, 1.807) is 12.1 Å². The Morgan fingerprint density at radius 1 is 0.463 bits per heavy atom. The number of benzene rings is 2. The summed E-state index contributed by atoms with van der Waals surface area (Å²) >= 11 is 0. The zero-order chi connectivity index (χ0) is 29.1. The van der Waals surface area contributed by atoms with Gasteiger partial charge in [0.15, 0.2) is 23.0 Å². The molecule has 1 aromatic heterocycles. The second kappa shape index (κ2) is 19.5. The molecule has 2 aromatic carbocycles. The van der Waals surface area contributed by atoms with Crippen molar-refractivity contribution in [3.8, 4) is 23.0 Å². The Labute approximate surface area is 248 Å². The Bertz CT molecular complexity index is 1030. The van der Waals surface area contributed by atoms with E-state index in [9.17, 15) is 10.2 Å². The largest absolute Gasteiger partial charge is 0.504 e. The van der Waals surface area contributed by atoms with Crippen molar-refractivity contribution in [2.75, 3.05) is 13.2 Å². The third-order valence-electron chi connectivity index (χ3n) is 8.14. The van der Waals surface area contributed by atoms with Crippen molar-refractivity contribution < 1.29 is 24.1 Å². The van der Waals surface area contributed by atoms with Crippen molar-refractivity contribution in [2.24, 2.45) is 0 Å². The van der Waals surface area contributed by atoms with Crippen molar-refractivity contribution >= 4 is 21.9 Å². The van der Waals surface area contributed by atoms with E-state index in [0.717, 1.165) is 36.5 Å². The van der Waals surface area contributed by atoms with Gasteiger partial charge in [-0.2, -0.15) is 0 Å². The molecular weight excluding hydrogens is 512 g/mol. The van der Waals surface area contributed by atoms with Gasteiger partial charge in [-0.3, -0.25) is 0 Å². The summed E-state index contributed by atoms with van der Waals surface area (Å²) in [4.78, 5) is 0. The minimum absolute atomic E-state index is 0.0743. The first-order chi connectivity index (χ1) is 20.1. The summed E-state index contributed by atoms with van der Waals surface area (Å²) < 4.78 is 17.8. The smallest absolute Gasteiger partial charge is 0.161 e. The number of ether oxygens (including phenoxy) is 2. The molecule has 0 aliphatic heterocycles. The average molecular weight is 569 g/mol. The van der Waals surface area contributed by atoms with Gasteiger partial charge in [0.1, 0.15) is 11.2 Å². The lowest BCUT2D eigenvalue weighted by Gasteiger charge is -2.09. The molecule has 0 atom stereocenters. The van der Waals surface area contributed by atoms with Crippen LogP contribution < -0.4 is 9.47 Å². The molecule has 0 spiro atoms. The molecule has 230 valence electrons. The van der Waals surface area contributed by atoms with Gasteiger partial charge < -0.3 is 24.1 Å². The number of phenolic OH excluding ortho intramolecular Hbond substituents is 2. The second-order valence-corrected chi connectivity index (χ2v) is 11.8. The molecule has 0 radical (unpaired) electrons. The van der Waals surface area contributed by atoms with Gasteiger partial charge in [0, 0.05) is 22.9 Å². The molecule has 41 heavy (non-hydrogen) atoms. The molecule has 0 fully saturated rings. The predicted molar refractivity (Wildman–Crippen MR) is 172 cm³/mol. The van der Waals surface area contributed by atoms with E-state index in [4.69, 9.17) is 13.9 Å². The lowest BCUT2D eigenvalue weighted by molar-refractivity contribution is 0.289. The summed E-state index contributed by atoms with van der Waals surface area (Å²) in [5.41, 5.74) is 1.13. The highest BCUT2D eigenvalue weighted by Gasteiger charge is 2.16. The molecule has 0 bridgehead atoms. The Hall–Kier alpha value is -2.56. The third kappa shape index (κ3) is 11.7. The van der Waals surface area contributed by atoms with Crippen molar-refractivity contribution in [3.05, 3.63) is 24.3 Å². The lowest BCUT2D eigenvalue weighted by atomic mass is 10.1. The molecule has 0 unspecified atom stereocenters. The molecule has 0 saturated carbocycles. The highest BCUT2D eigenvalue weighted by Crippen LogP contribution is 2.41. The normalized spacial score (nSPS) is 11.6. The Morgan fingerprint density at radius 2 is 0.780 bits per heavy atom. The molecule has 3 rings (SSSR count). The SMILES string of the molecule is CCCCCCCCCCCCOc1cc2c(cc1O)oc1cc(O)c(OCCCCCCCCCCCC)cc12. The van der Waals surface area contributed by atoms with Crippen LogP contribution in [0, 0.1) is 0 Å². The van der Waals surface area contributed by atoms with Crippen molar-refractivity contribution in [3.63, 3.8) is 0 Å². The van der Waals surface area contributed by atoms with Crippen LogP contribution in [-0.2, 0) is 0 Å². The number of unbranched alkanes of at least 4 members (excludes halogenated alkanes) is 18. The number of hydrogen-bond acceptors (Lipinski definition) is 5. The van der Waals surface area contributed by atoms with Gasteiger partial charge in [-0.25, -0.2) is 0 Å². The van der Waals surface area contributed by atoms with Gasteiger partial charge in [-0.05, 0) is 25.0 Å². The molecule has 5 heteroatoms. The van der Waals surface area contributed by atoms with E-state index in [1.807, 2.05) is 12.1 Å². The summed E-state index contributed by atoms with van der Waals surface area (Å²) in [6.45, 7) is 5.68. The minimum Gasteiger partial charge on any atom is -0.504 e. The number of fused-ring (bicyclic) bond motifs is 3. The van der Waals surface area contributed by atoms with Crippen LogP contribution in [0.3, 0.4) is 0 Å². The van der Waals surface area contributed by atoms with Crippen LogP contribution in [0.1, 0.15) is 142 Å². The predicted octanol–water partition coefficient (Wildman–Crippen LogP) is 11.6. The van der Waals surface area contributed by atoms with Crippen LogP contribution >= 0.6 is 0 Å². The molecule has 0 amide bonds. The average Bonchev–Trinajstić information content (AvgIpc) is 3.30. The van der Waals surface area contributed by atoms with E-state index in [1.165, 1.54) is 103 Å². The molecule has 0 aliphatic carbocycles. The number of furan rings is 1. The number of aromatic hydroxyl groups is 2. The van der Waals surface area contributed by atoms with Gasteiger partial charge >= 0.3 is 0 Å². The molecule has 2 N–H and O–H groups in total. The van der Waals surface area contributed by atoms with Crippen LogP contribution in [0.2, 0.25) is 0 Å². The summed E-state index contributed by atoms with van der Waals surface area (Å²) in [5.74, 6) is 1.09. The fourth-order valence-corrected chi connectivity index (χ4v) is 5.58. The van der Waals surface area contributed by atoms with E-state index < -0.39 is 0 Å². The molecular formula is C36H56O5. The highest BCUT2D eigenvalue weighted by molar-refractivity contribution is 6.07. The van der Waals surface area contributed by atoms with Crippen LogP contribution in [-0.4, -0.2) is 23.4 Å². The number of phenols is 2. The maximum atomic E-state index is 10.5. The Kier molecular flexibility index (Phi) is 15.7. The summed E-state index contributed by atoms with van der Waals surface area (Å²) in [7, 11) is 0. The maximum Gasteiger partial charge on any atom is 0.161 e. The van der Waals surface area contributed by atoms with E-state index in [2.05, 4.69) is 13.8 Å². The van der Waals surface area contributed by atoms with Gasteiger partial charge in [-0.1, -0.05) is 129 Å². The van der Waals surface area contributed by atoms with Crippen LogP contribution in [0.25, 0.3) is 21.9 Å². The third-order valence-corrected chi connectivity index (χ3v) is 8.14. The topological polar surface area (TPSA) is 72.1 Å². The number of hydrogen-bond donors (Lipinski definition) is 2. The van der Waals surface area contributed by atoms with Gasteiger partial charge in [0.2, 0.25) is 0 Å². The standard InChI is InChI=1S/C36H56O5/c1-3-5-7-9-11-13-15-17-19-21-23-39-35-25-29-30-26-36(32(38)28-34(30)41-33(29)27-31(35)37)40-24-22-20-18-16-14-12-10-8-6-4-2/h25-28,37-38H,3-24H2,1-2H3. The fraction of sp³-hybridized carbons (Fsp3) is 0.667. The van der Waals surface area contributed by atoms with E-state index >= 15 is 0 Å². The Balaban J connectivity index is 1.42. The summed E-state index contributed by atoms with van der Waals surface area (Å²) in [6, 6.07) is 6.89. The molecule has 0 saturated heterocycles. The highest BCUT2D eigenvalue weighted by atomic mass is 16.5. The first-order valence-electron chi connectivity index (χ1n) is 16.8. The second-order valence-electron chi connectivity index (χ2n) is 11.8. The quantitative estimate of drug-likeness (QED) is 0.105. The van der Waals surface area contributed by atoms with Gasteiger partial charge in [-0.15, -0.1) is 0 Å². The lowest BCUT2D eigenvalue weighted by Crippen LogP contribution is -1.98. The molecule has 3 aromatic rings. The molecule has 5 nitrogen and oxygen atoms in total. The minimum atomic E-state index is 0.0743. The van der Waals surface area contributed by atoms with Crippen molar-refractivity contribution in [1.82, 2.24) is 0 Å². The number of rotatable bonds is 24. The zero-order valence-electron chi connectivity index (χ0n) is 26.0. The molecule has 0 aliphatic rings. The van der Waals surface area contributed by atoms with Crippen LogP contribution in [0.5, 0.6) is 23.0 Å². The van der Waals surface area contributed by atoms with E-state index in [-0.39, 0.29) is 11.5 Å². The maximum absolute atomic E-state index is 10.5. The van der Waals surface area contributed by atoms with Gasteiger partial charge in [0.25, 0.3) is 0 Å². The summed E-state index contributed by atoms with van der Waals surface area (Å²) in [6.07, 6.45) is 25.5. The first-order valence-corrected chi connectivity index (χ1v) is 16.8. The van der Waals surface area contributed by atoms with E-state index in [0.29, 0.717) is 35.9 Å². The van der Waals surface area contributed by atoms with Crippen LogP contribution in [0.15, 0.2) is 28.7 Å². The fourth-order valence-electron chi connectivity index (χ4n) is 5.58. The Morgan fingerprint density at radius 3 is 1.12 bits per heavy atom. The monoisotopic (exact) mass is 568 g/mol. The van der Waals surface area contributed by atoms with Crippen LogP contribution in [0.4, 0.5) is 0 Å².